The van der Waals surface area contributed by atoms with Crippen molar-refractivity contribution in [3.05, 3.63) is 33.4 Å². The number of hydrogen-bond donors (Lipinski definition) is 0. The summed E-state index contributed by atoms with van der Waals surface area (Å²) in [5.41, 5.74) is 2.22. The molecule has 0 spiro atoms. The molecular weight excluding hydrogens is 307 g/mol. The number of aromatic nitrogens is 1. The van der Waals surface area contributed by atoms with Gasteiger partial charge in [0.1, 0.15) is 0 Å². The van der Waals surface area contributed by atoms with Crippen molar-refractivity contribution in [3.63, 3.8) is 0 Å². The molecule has 0 fully saturated rings. The zero-order chi connectivity index (χ0) is 13.1. The van der Waals surface area contributed by atoms with Gasteiger partial charge >= 0.3 is 6.18 Å². The van der Waals surface area contributed by atoms with E-state index in [9.17, 15) is 13.2 Å². The summed E-state index contributed by atoms with van der Waals surface area (Å²) in [6.07, 6.45) is -2.67. The second-order valence-corrected chi connectivity index (χ2v) is 5.48. The van der Waals surface area contributed by atoms with Gasteiger partial charge in [0, 0.05) is 22.1 Å². The van der Waals surface area contributed by atoms with Gasteiger partial charge in [-0.05, 0) is 53.4 Å². The Hall–Kier alpha value is -0.970. The minimum atomic E-state index is -4.28. The van der Waals surface area contributed by atoms with Gasteiger partial charge in [-0.3, -0.25) is 0 Å². The summed E-state index contributed by atoms with van der Waals surface area (Å²) in [4.78, 5) is 0. The zero-order valence-electron chi connectivity index (χ0n) is 9.74. The third-order valence-corrected chi connectivity index (χ3v) is 4.57. The molecule has 1 aliphatic rings. The molecule has 0 saturated heterocycles. The normalized spacial score (nSPS) is 15.4. The highest BCUT2D eigenvalue weighted by Gasteiger charge is 2.33. The number of alkyl halides is 3. The van der Waals surface area contributed by atoms with E-state index in [1.165, 1.54) is 12.1 Å². The van der Waals surface area contributed by atoms with Crippen LogP contribution < -0.4 is 0 Å². The molecule has 1 nitrogen and oxygen atoms in total. The Morgan fingerprint density at radius 1 is 1.28 bits per heavy atom. The predicted octanol–water partition coefficient (Wildman–Crippen LogP) is 4.68. The first-order valence-corrected chi connectivity index (χ1v) is 6.57. The SMILES string of the molecule is Cc1c(Br)c2cc(C(F)(F)F)cc3c2n1CCC3. The molecule has 0 atom stereocenters. The molecule has 1 aromatic heterocycles. The third-order valence-electron chi connectivity index (χ3n) is 3.57. The fourth-order valence-electron chi connectivity index (χ4n) is 2.72. The lowest BCUT2D eigenvalue weighted by Crippen LogP contribution is -2.11. The first kappa shape index (κ1) is 12.1. The number of halogens is 4. The van der Waals surface area contributed by atoms with E-state index in [1.54, 1.807) is 0 Å². The first-order valence-electron chi connectivity index (χ1n) is 5.78. The van der Waals surface area contributed by atoms with Crippen molar-refractivity contribution in [2.75, 3.05) is 0 Å². The molecule has 0 radical (unpaired) electrons. The van der Waals surface area contributed by atoms with Crippen LogP contribution in [0.3, 0.4) is 0 Å². The van der Waals surface area contributed by atoms with E-state index < -0.39 is 11.7 Å². The molecule has 18 heavy (non-hydrogen) atoms. The van der Waals surface area contributed by atoms with Gasteiger partial charge in [-0.2, -0.15) is 13.2 Å². The van der Waals surface area contributed by atoms with Gasteiger partial charge < -0.3 is 4.57 Å². The summed E-state index contributed by atoms with van der Waals surface area (Å²) in [7, 11) is 0. The second kappa shape index (κ2) is 3.76. The van der Waals surface area contributed by atoms with Crippen LogP contribution in [-0.4, -0.2) is 4.57 Å². The van der Waals surface area contributed by atoms with Crippen molar-refractivity contribution in [2.24, 2.45) is 0 Å². The van der Waals surface area contributed by atoms with E-state index in [4.69, 9.17) is 0 Å². The molecule has 0 saturated carbocycles. The quantitative estimate of drug-likeness (QED) is 0.665. The topological polar surface area (TPSA) is 4.93 Å². The lowest BCUT2D eigenvalue weighted by molar-refractivity contribution is -0.137. The maximum Gasteiger partial charge on any atom is 0.416 e. The van der Waals surface area contributed by atoms with Crippen LogP contribution in [0.25, 0.3) is 10.9 Å². The molecule has 0 amide bonds. The van der Waals surface area contributed by atoms with Crippen LogP contribution in [0.2, 0.25) is 0 Å². The Labute approximate surface area is 111 Å². The molecule has 0 bridgehead atoms. The lowest BCUT2D eigenvalue weighted by atomic mass is 10.0. The van der Waals surface area contributed by atoms with Gasteiger partial charge in [0.2, 0.25) is 0 Å². The summed E-state index contributed by atoms with van der Waals surface area (Å²) in [5.74, 6) is 0. The Bertz CT molecular complexity index is 640. The molecule has 1 aliphatic heterocycles. The number of nitrogens with zero attached hydrogens (tertiary/aromatic N) is 1. The highest BCUT2D eigenvalue weighted by Crippen LogP contribution is 2.40. The standard InChI is InChI=1S/C13H11BrF3N/c1-7-11(14)10-6-9(13(15,16)17)5-8-3-2-4-18(7)12(8)10/h5-6H,2-4H2,1H3. The van der Waals surface area contributed by atoms with E-state index in [-0.39, 0.29) is 0 Å². The summed E-state index contributed by atoms with van der Waals surface area (Å²) in [6, 6.07) is 2.54. The Kier molecular flexibility index (Phi) is 2.52. The molecule has 0 unspecified atom stereocenters. The van der Waals surface area contributed by atoms with Gasteiger partial charge in [-0.15, -0.1) is 0 Å². The lowest BCUT2D eigenvalue weighted by Gasteiger charge is -2.18. The number of benzene rings is 1. The van der Waals surface area contributed by atoms with Crippen molar-refractivity contribution in [3.8, 4) is 0 Å². The van der Waals surface area contributed by atoms with Gasteiger partial charge in [0.15, 0.2) is 0 Å². The van der Waals surface area contributed by atoms with E-state index in [0.29, 0.717) is 5.39 Å². The monoisotopic (exact) mass is 317 g/mol. The smallest absolute Gasteiger partial charge is 0.343 e. The molecule has 0 N–H and O–H groups in total. The first-order chi connectivity index (χ1) is 8.39. The fraction of sp³-hybridized carbons (Fsp3) is 0.385. The van der Waals surface area contributed by atoms with E-state index in [2.05, 4.69) is 20.5 Å². The maximum atomic E-state index is 12.9. The van der Waals surface area contributed by atoms with Crippen LogP contribution in [0.4, 0.5) is 13.2 Å². The Morgan fingerprint density at radius 3 is 2.67 bits per heavy atom. The third kappa shape index (κ3) is 1.60. The van der Waals surface area contributed by atoms with Gasteiger partial charge in [0.25, 0.3) is 0 Å². The van der Waals surface area contributed by atoms with Crippen LogP contribution in [0.15, 0.2) is 16.6 Å². The molecule has 2 heterocycles. The van der Waals surface area contributed by atoms with Crippen molar-refractivity contribution in [2.45, 2.75) is 32.5 Å². The largest absolute Gasteiger partial charge is 0.416 e. The van der Waals surface area contributed by atoms with Crippen molar-refractivity contribution >= 4 is 26.8 Å². The van der Waals surface area contributed by atoms with Crippen molar-refractivity contribution in [1.82, 2.24) is 4.57 Å². The van der Waals surface area contributed by atoms with Gasteiger partial charge in [0.05, 0.1) is 11.1 Å². The van der Waals surface area contributed by atoms with Gasteiger partial charge in [-0.25, -0.2) is 0 Å². The molecule has 2 aromatic rings. The van der Waals surface area contributed by atoms with Crippen LogP contribution in [-0.2, 0) is 19.1 Å². The van der Waals surface area contributed by atoms with Crippen LogP contribution in [0.1, 0.15) is 23.2 Å². The molecule has 1 aromatic carbocycles. The van der Waals surface area contributed by atoms with E-state index in [1.807, 2.05) is 6.92 Å². The molecule has 5 heteroatoms. The molecule has 96 valence electrons. The number of rotatable bonds is 0. The van der Waals surface area contributed by atoms with Crippen molar-refractivity contribution in [1.29, 1.82) is 0 Å². The minimum Gasteiger partial charge on any atom is -0.343 e. The predicted molar refractivity (Wildman–Crippen MR) is 67.7 cm³/mol. The number of hydrogen-bond acceptors (Lipinski definition) is 0. The zero-order valence-corrected chi connectivity index (χ0v) is 11.3. The molecular formula is C13H11BrF3N. The Balaban J connectivity index is 2.40. The minimum absolute atomic E-state index is 0.551. The highest BCUT2D eigenvalue weighted by atomic mass is 79.9. The van der Waals surface area contributed by atoms with E-state index in [0.717, 1.165) is 40.6 Å². The fourth-order valence-corrected chi connectivity index (χ4v) is 3.24. The van der Waals surface area contributed by atoms with Crippen molar-refractivity contribution < 1.29 is 13.2 Å². The van der Waals surface area contributed by atoms with Crippen LogP contribution >= 0.6 is 15.9 Å². The second-order valence-electron chi connectivity index (χ2n) is 4.68. The average molecular weight is 318 g/mol. The summed E-state index contributed by atoms with van der Waals surface area (Å²) < 4.78 is 41.5. The van der Waals surface area contributed by atoms with E-state index >= 15 is 0 Å². The molecule has 0 aliphatic carbocycles. The van der Waals surface area contributed by atoms with Crippen LogP contribution in [0, 0.1) is 6.92 Å². The summed E-state index contributed by atoms with van der Waals surface area (Å²) in [6.45, 7) is 2.82. The maximum absolute atomic E-state index is 12.9. The summed E-state index contributed by atoms with van der Waals surface area (Å²) >= 11 is 3.42. The average Bonchev–Trinajstić information content (AvgIpc) is 2.56. The van der Waals surface area contributed by atoms with Gasteiger partial charge in [-0.1, -0.05) is 0 Å². The highest BCUT2D eigenvalue weighted by molar-refractivity contribution is 9.10. The van der Waals surface area contributed by atoms with Crippen LogP contribution in [0.5, 0.6) is 0 Å². The number of aryl methyl sites for hydroxylation is 2. The summed E-state index contributed by atoms with van der Waals surface area (Å²) in [5, 5.41) is 0.678. The Morgan fingerprint density at radius 2 is 2.00 bits per heavy atom. The molecule has 3 rings (SSSR count).